The molecule has 0 amide bonds. The van der Waals surface area contributed by atoms with Crippen molar-refractivity contribution in [2.24, 2.45) is 11.7 Å². The van der Waals surface area contributed by atoms with Gasteiger partial charge in [0.1, 0.15) is 0 Å². The number of rotatable bonds is 7. The first-order valence-electron chi connectivity index (χ1n) is 6.53. The normalized spacial score (nSPS) is 17.8. The minimum Gasteiger partial charge on any atom is -0.324 e. The largest absolute Gasteiger partial charge is 0.324 e. The van der Waals surface area contributed by atoms with Crippen molar-refractivity contribution in [3.05, 3.63) is 0 Å². The lowest BCUT2D eigenvalue weighted by molar-refractivity contribution is 0.156. The zero-order chi connectivity index (χ0) is 11.5. The standard InChI is InChI=1S/C13H28N2/c1-5-13(14,6-2)10-15(11(3)4)9-12-7-8-12/h11-12H,5-10,14H2,1-4H3. The van der Waals surface area contributed by atoms with Gasteiger partial charge in [-0.05, 0) is 45.4 Å². The first kappa shape index (κ1) is 13.0. The second-order valence-electron chi connectivity index (χ2n) is 5.54. The van der Waals surface area contributed by atoms with Crippen LogP contribution in [0.15, 0.2) is 0 Å². The van der Waals surface area contributed by atoms with Crippen molar-refractivity contribution in [3.8, 4) is 0 Å². The van der Waals surface area contributed by atoms with E-state index in [-0.39, 0.29) is 5.54 Å². The zero-order valence-electron chi connectivity index (χ0n) is 10.9. The van der Waals surface area contributed by atoms with Gasteiger partial charge < -0.3 is 5.73 Å². The Morgan fingerprint density at radius 3 is 2.13 bits per heavy atom. The SMILES string of the molecule is CCC(N)(CC)CN(CC1CC1)C(C)C. The van der Waals surface area contributed by atoms with Crippen LogP contribution in [-0.4, -0.2) is 29.6 Å². The van der Waals surface area contributed by atoms with Crippen molar-refractivity contribution in [1.82, 2.24) is 4.90 Å². The Labute approximate surface area is 95.2 Å². The Balaban J connectivity index is 2.47. The van der Waals surface area contributed by atoms with E-state index >= 15 is 0 Å². The van der Waals surface area contributed by atoms with E-state index in [4.69, 9.17) is 5.73 Å². The maximum absolute atomic E-state index is 6.39. The van der Waals surface area contributed by atoms with Crippen LogP contribution < -0.4 is 5.73 Å². The van der Waals surface area contributed by atoms with Crippen LogP contribution in [0.5, 0.6) is 0 Å². The number of hydrogen-bond donors (Lipinski definition) is 1. The van der Waals surface area contributed by atoms with Gasteiger partial charge in [-0.1, -0.05) is 13.8 Å². The molecule has 0 aromatic carbocycles. The quantitative estimate of drug-likeness (QED) is 0.703. The van der Waals surface area contributed by atoms with Crippen molar-refractivity contribution in [1.29, 1.82) is 0 Å². The summed E-state index contributed by atoms with van der Waals surface area (Å²) in [5.74, 6) is 0.963. The summed E-state index contributed by atoms with van der Waals surface area (Å²) >= 11 is 0. The van der Waals surface area contributed by atoms with Gasteiger partial charge in [-0.3, -0.25) is 4.90 Å². The third kappa shape index (κ3) is 4.12. The summed E-state index contributed by atoms with van der Waals surface area (Å²) in [4.78, 5) is 2.57. The molecule has 1 aliphatic carbocycles. The smallest absolute Gasteiger partial charge is 0.0278 e. The summed E-state index contributed by atoms with van der Waals surface area (Å²) in [6, 6.07) is 0.631. The average Bonchev–Trinajstić information content (AvgIpc) is 3.00. The molecule has 1 aliphatic rings. The van der Waals surface area contributed by atoms with Gasteiger partial charge in [-0.15, -0.1) is 0 Å². The van der Waals surface area contributed by atoms with Crippen LogP contribution >= 0.6 is 0 Å². The van der Waals surface area contributed by atoms with Crippen LogP contribution in [0.25, 0.3) is 0 Å². The highest BCUT2D eigenvalue weighted by Crippen LogP contribution is 2.31. The summed E-state index contributed by atoms with van der Waals surface area (Å²) in [6.45, 7) is 11.3. The summed E-state index contributed by atoms with van der Waals surface area (Å²) < 4.78 is 0. The molecule has 0 atom stereocenters. The predicted octanol–water partition coefficient (Wildman–Crippen LogP) is 2.62. The van der Waals surface area contributed by atoms with Crippen LogP contribution in [0.4, 0.5) is 0 Å². The molecule has 0 saturated heterocycles. The van der Waals surface area contributed by atoms with Gasteiger partial charge in [0.15, 0.2) is 0 Å². The van der Waals surface area contributed by atoms with E-state index in [2.05, 4.69) is 32.6 Å². The van der Waals surface area contributed by atoms with Crippen LogP contribution in [0.3, 0.4) is 0 Å². The van der Waals surface area contributed by atoms with Crippen molar-refractivity contribution < 1.29 is 0 Å². The Hall–Kier alpha value is -0.0800. The molecule has 2 heteroatoms. The van der Waals surface area contributed by atoms with E-state index < -0.39 is 0 Å². The van der Waals surface area contributed by atoms with Gasteiger partial charge in [0.2, 0.25) is 0 Å². The van der Waals surface area contributed by atoms with E-state index in [1.165, 1.54) is 19.4 Å². The fourth-order valence-electron chi connectivity index (χ4n) is 1.97. The van der Waals surface area contributed by atoms with E-state index in [1.54, 1.807) is 0 Å². The van der Waals surface area contributed by atoms with Crippen LogP contribution in [-0.2, 0) is 0 Å². The molecule has 0 aromatic heterocycles. The predicted molar refractivity (Wildman–Crippen MR) is 66.9 cm³/mol. The van der Waals surface area contributed by atoms with Crippen molar-refractivity contribution in [3.63, 3.8) is 0 Å². The third-order valence-corrected chi connectivity index (χ3v) is 3.85. The topological polar surface area (TPSA) is 29.3 Å². The molecule has 0 aliphatic heterocycles. The van der Waals surface area contributed by atoms with Gasteiger partial charge in [0, 0.05) is 24.7 Å². The molecule has 0 radical (unpaired) electrons. The molecule has 1 fully saturated rings. The monoisotopic (exact) mass is 212 g/mol. The summed E-state index contributed by atoms with van der Waals surface area (Å²) in [7, 11) is 0. The highest BCUT2D eigenvalue weighted by Gasteiger charge is 2.30. The zero-order valence-corrected chi connectivity index (χ0v) is 10.9. The van der Waals surface area contributed by atoms with Gasteiger partial charge in [-0.2, -0.15) is 0 Å². The van der Waals surface area contributed by atoms with Gasteiger partial charge in [0.05, 0.1) is 0 Å². The molecule has 1 saturated carbocycles. The lowest BCUT2D eigenvalue weighted by Crippen LogP contribution is -2.51. The van der Waals surface area contributed by atoms with E-state index in [0.717, 1.165) is 25.3 Å². The van der Waals surface area contributed by atoms with Crippen LogP contribution in [0.1, 0.15) is 53.4 Å². The molecular formula is C13H28N2. The Kier molecular flexibility index (Phi) is 4.60. The van der Waals surface area contributed by atoms with Crippen LogP contribution in [0, 0.1) is 5.92 Å². The number of nitrogens with zero attached hydrogens (tertiary/aromatic N) is 1. The molecule has 15 heavy (non-hydrogen) atoms. The Morgan fingerprint density at radius 2 is 1.80 bits per heavy atom. The highest BCUT2D eigenvalue weighted by molar-refractivity contribution is 4.88. The summed E-state index contributed by atoms with van der Waals surface area (Å²) in [6.07, 6.45) is 5.02. The fourth-order valence-corrected chi connectivity index (χ4v) is 1.97. The highest BCUT2D eigenvalue weighted by atomic mass is 15.2. The maximum Gasteiger partial charge on any atom is 0.0278 e. The number of nitrogens with two attached hydrogens (primary N) is 1. The molecule has 0 aromatic rings. The van der Waals surface area contributed by atoms with Crippen molar-refractivity contribution in [2.75, 3.05) is 13.1 Å². The van der Waals surface area contributed by atoms with Crippen molar-refractivity contribution in [2.45, 2.75) is 65.0 Å². The molecule has 2 N–H and O–H groups in total. The molecular weight excluding hydrogens is 184 g/mol. The second-order valence-corrected chi connectivity index (χ2v) is 5.54. The molecule has 2 nitrogen and oxygen atoms in total. The fraction of sp³-hybridized carbons (Fsp3) is 1.00. The first-order valence-corrected chi connectivity index (χ1v) is 6.53. The average molecular weight is 212 g/mol. The first-order chi connectivity index (χ1) is 7.00. The molecule has 0 unspecified atom stereocenters. The third-order valence-electron chi connectivity index (χ3n) is 3.85. The van der Waals surface area contributed by atoms with Gasteiger partial charge in [0.25, 0.3) is 0 Å². The lowest BCUT2D eigenvalue weighted by atomic mass is 9.93. The molecule has 0 heterocycles. The summed E-state index contributed by atoms with van der Waals surface area (Å²) in [5.41, 5.74) is 6.42. The Bertz CT molecular complexity index is 181. The van der Waals surface area contributed by atoms with E-state index in [9.17, 15) is 0 Å². The molecule has 0 spiro atoms. The minimum absolute atomic E-state index is 0.0269. The molecule has 0 bridgehead atoms. The summed E-state index contributed by atoms with van der Waals surface area (Å²) in [5, 5.41) is 0. The maximum atomic E-state index is 6.39. The molecule has 1 rings (SSSR count). The van der Waals surface area contributed by atoms with Crippen LogP contribution in [0.2, 0.25) is 0 Å². The lowest BCUT2D eigenvalue weighted by Gasteiger charge is -2.36. The van der Waals surface area contributed by atoms with E-state index in [1.807, 2.05) is 0 Å². The Morgan fingerprint density at radius 1 is 1.27 bits per heavy atom. The second kappa shape index (κ2) is 5.31. The van der Waals surface area contributed by atoms with E-state index in [0.29, 0.717) is 6.04 Å². The van der Waals surface area contributed by atoms with Crippen molar-refractivity contribution >= 4 is 0 Å². The minimum atomic E-state index is 0.0269. The van der Waals surface area contributed by atoms with Gasteiger partial charge in [-0.25, -0.2) is 0 Å². The molecule has 90 valence electrons. The van der Waals surface area contributed by atoms with Gasteiger partial charge >= 0.3 is 0 Å². The number of hydrogen-bond acceptors (Lipinski definition) is 2.